The van der Waals surface area contributed by atoms with Gasteiger partial charge >= 0.3 is 0 Å². The highest BCUT2D eigenvalue weighted by atomic mass is 16.2. The van der Waals surface area contributed by atoms with E-state index in [1.165, 1.54) is 4.90 Å². The summed E-state index contributed by atoms with van der Waals surface area (Å²) in [5, 5.41) is 7.20. The van der Waals surface area contributed by atoms with E-state index >= 15 is 0 Å². The standard InChI is InChI=1S/C43H40N8O5/c1-3-38-47-40(37-25-49(26(2)52)18-19-50(37)38)32-10-7-9-28-21-35(46-23-33(28)32)29-12-14-34(45-22-29)41(54)44-17-6-4-5-8-27-11-13-31-30(20-27)24-51(43(31)56)36-15-16-39(53)48-42(36)55/h7,9-14,20-23,36H,3-4,6,15-19,24-25H2,1-2H3,(H,44,54)(H,48,53,55). The highest BCUT2D eigenvalue weighted by Crippen LogP contribution is 2.34. The van der Waals surface area contributed by atoms with Gasteiger partial charge in [-0.15, -0.1) is 0 Å². The van der Waals surface area contributed by atoms with Gasteiger partial charge < -0.3 is 19.7 Å². The molecular weight excluding hydrogens is 709 g/mol. The number of nitrogens with zero attached hydrogens (tertiary/aromatic N) is 6. The zero-order chi connectivity index (χ0) is 38.9. The van der Waals surface area contributed by atoms with Crippen LogP contribution in [0.5, 0.6) is 0 Å². The third-order valence-electron chi connectivity index (χ3n) is 10.7. The minimum absolute atomic E-state index is 0.0576. The summed E-state index contributed by atoms with van der Waals surface area (Å²) >= 11 is 0. The highest BCUT2D eigenvalue weighted by Gasteiger charge is 2.39. The number of rotatable bonds is 8. The summed E-state index contributed by atoms with van der Waals surface area (Å²) in [7, 11) is 0. The van der Waals surface area contributed by atoms with Crippen molar-refractivity contribution in [3.05, 3.63) is 101 Å². The molecule has 6 heterocycles. The van der Waals surface area contributed by atoms with Gasteiger partial charge in [-0.05, 0) is 60.2 Å². The first-order chi connectivity index (χ1) is 27.2. The second-order valence-electron chi connectivity index (χ2n) is 14.2. The van der Waals surface area contributed by atoms with Crippen LogP contribution in [-0.4, -0.2) is 78.0 Å². The van der Waals surface area contributed by atoms with Gasteiger partial charge in [-0.25, -0.2) is 4.98 Å². The predicted molar refractivity (Wildman–Crippen MR) is 208 cm³/mol. The van der Waals surface area contributed by atoms with E-state index < -0.39 is 11.9 Å². The summed E-state index contributed by atoms with van der Waals surface area (Å²) in [6.07, 6.45) is 6.04. The van der Waals surface area contributed by atoms with Gasteiger partial charge in [0, 0.05) is 92.4 Å². The Labute approximate surface area is 323 Å². The molecule has 5 amide bonds. The number of unbranched alkanes of at least 4 members (excludes halogenated alkanes) is 1. The number of piperidine rings is 1. The van der Waals surface area contributed by atoms with Crippen molar-refractivity contribution in [2.45, 2.75) is 71.6 Å². The Kier molecular flexibility index (Phi) is 9.87. The summed E-state index contributed by atoms with van der Waals surface area (Å²) in [5.41, 5.74) is 6.85. The lowest BCUT2D eigenvalue weighted by molar-refractivity contribution is -0.137. The van der Waals surface area contributed by atoms with E-state index in [4.69, 9.17) is 9.97 Å². The fourth-order valence-corrected chi connectivity index (χ4v) is 7.70. The molecule has 3 aliphatic rings. The van der Waals surface area contributed by atoms with E-state index in [0.717, 1.165) is 68.9 Å². The van der Waals surface area contributed by atoms with Crippen LogP contribution in [0.15, 0.2) is 67.0 Å². The number of aromatic nitrogens is 4. The quantitative estimate of drug-likeness (QED) is 0.134. The van der Waals surface area contributed by atoms with Gasteiger partial charge in [-0.2, -0.15) is 0 Å². The molecular formula is C43H40N8O5. The molecule has 3 aromatic heterocycles. The van der Waals surface area contributed by atoms with Crippen LogP contribution in [0.4, 0.5) is 0 Å². The monoisotopic (exact) mass is 748 g/mol. The van der Waals surface area contributed by atoms with E-state index in [0.29, 0.717) is 56.7 Å². The maximum atomic E-state index is 12.9. The summed E-state index contributed by atoms with van der Waals surface area (Å²) in [6, 6.07) is 16.4. The fourth-order valence-electron chi connectivity index (χ4n) is 7.70. The van der Waals surface area contributed by atoms with Gasteiger partial charge in [0.2, 0.25) is 17.7 Å². The highest BCUT2D eigenvalue weighted by molar-refractivity contribution is 6.05. The number of carbonyl (C=O) groups is 5. The van der Waals surface area contributed by atoms with Crippen LogP contribution in [0, 0.1) is 11.8 Å². The molecule has 2 aromatic carbocycles. The van der Waals surface area contributed by atoms with Crippen LogP contribution < -0.4 is 10.6 Å². The third kappa shape index (κ3) is 7.01. The lowest BCUT2D eigenvalue weighted by Crippen LogP contribution is -2.52. The molecule has 0 bridgehead atoms. The second kappa shape index (κ2) is 15.2. The average molecular weight is 749 g/mol. The molecule has 13 nitrogen and oxygen atoms in total. The normalized spacial score (nSPS) is 16.2. The minimum atomic E-state index is -0.653. The predicted octanol–water partition coefficient (Wildman–Crippen LogP) is 4.41. The Hall–Kier alpha value is -6.68. The van der Waals surface area contributed by atoms with E-state index in [9.17, 15) is 24.0 Å². The Morgan fingerprint density at radius 3 is 2.64 bits per heavy atom. The Morgan fingerprint density at radius 1 is 0.982 bits per heavy atom. The number of amides is 5. The van der Waals surface area contributed by atoms with E-state index in [-0.39, 0.29) is 30.0 Å². The molecule has 1 fully saturated rings. The summed E-state index contributed by atoms with van der Waals surface area (Å²) in [4.78, 5) is 79.5. The summed E-state index contributed by atoms with van der Waals surface area (Å²) < 4.78 is 2.25. The molecule has 8 rings (SSSR count). The number of hydrogen-bond donors (Lipinski definition) is 2. The number of imidazole rings is 1. The number of carbonyl (C=O) groups excluding carboxylic acids is 5. The van der Waals surface area contributed by atoms with Crippen molar-refractivity contribution in [1.82, 2.24) is 40.0 Å². The van der Waals surface area contributed by atoms with Crippen molar-refractivity contribution in [3.8, 4) is 34.4 Å². The van der Waals surface area contributed by atoms with Gasteiger partial charge in [0.05, 0.1) is 23.6 Å². The summed E-state index contributed by atoms with van der Waals surface area (Å²) in [6.45, 7) is 6.37. The van der Waals surface area contributed by atoms with Gasteiger partial charge in [-0.3, -0.25) is 39.3 Å². The first-order valence-corrected chi connectivity index (χ1v) is 18.9. The van der Waals surface area contributed by atoms with Crippen LogP contribution in [0.25, 0.3) is 33.3 Å². The number of hydrogen-bond acceptors (Lipinski definition) is 8. The Balaban J connectivity index is 0.862. The van der Waals surface area contributed by atoms with Gasteiger partial charge in [-0.1, -0.05) is 37.0 Å². The summed E-state index contributed by atoms with van der Waals surface area (Å²) in [5.74, 6) is 6.10. The molecule has 3 aliphatic heterocycles. The number of aryl methyl sites for hydroxylation is 1. The first kappa shape index (κ1) is 36.3. The molecule has 5 aromatic rings. The molecule has 13 heteroatoms. The number of fused-ring (bicyclic) bond motifs is 3. The second-order valence-corrected chi connectivity index (χ2v) is 14.2. The number of imide groups is 1. The number of nitrogens with one attached hydrogen (secondary N) is 2. The molecule has 0 aliphatic carbocycles. The smallest absolute Gasteiger partial charge is 0.269 e. The molecule has 282 valence electrons. The van der Waals surface area contributed by atoms with E-state index in [1.807, 2.05) is 41.4 Å². The van der Waals surface area contributed by atoms with Gasteiger partial charge in [0.1, 0.15) is 17.6 Å². The molecule has 0 spiro atoms. The lowest BCUT2D eigenvalue weighted by Gasteiger charge is -2.29. The number of benzene rings is 2. The topological polar surface area (TPSA) is 159 Å². The minimum Gasteiger partial charge on any atom is -0.351 e. The van der Waals surface area contributed by atoms with Crippen LogP contribution in [-0.2, 0) is 40.4 Å². The van der Waals surface area contributed by atoms with Crippen molar-refractivity contribution >= 4 is 40.3 Å². The zero-order valence-electron chi connectivity index (χ0n) is 31.2. The molecule has 2 N–H and O–H groups in total. The molecule has 1 atom stereocenters. The lowest BCUT2D eigenvalue weighted by atomic mass is 10.0. The molecule has 1 saturated heterocycles. The fraction of sp³-hybridized carbons (Fsp3) is 0.302. The number of pyridine rings is 2. The average Bonchev–Trinajstić information content (AvgIpc) is 3.74. The van der Waals surface area contributed by atoms with Gasteiger partial charge in [0.25, 0.3) is 11.8 Å². The van der Waals surface area contributed by atoms with E-state index in [2.05, 4.69) is 45.0 Å². The first-order valence-electron chi connectivity index (χ1n) is 18.9. The molecule has 0 saturated carbocycles. The van der Waals surface area contributed by atoms with Gasteiger partial charge in [0.15, 0.2) is 0 Å². The SMILES string of the molecule is CCc1nc(-c2cccc3cc(-c4ccc(C(=O)NCCCC#Cc5ccc6c(c5)CN(C5CCC(=O)NC5=O)C6=O)nc4)ncc23)c2n1CCN(C(C)=O)C2. The zero-order valence-corrected chi connectivity index (χ0v) is 31.2. The largest absolute Gasteiger partial charge is 0.351 e. The molecule has 1 unspecified atom stereocenters. The maximum absolute atomic E-state index is 12.9. The molecule has 56 heavy (non-hydrogen) atoms. The van der Waals surface area contributed by atoms with Crippen LogP contribution >= 0.6 is 0 Å². The van der Waals surface area contributed by atoms with Crippen molar-refractivity contribution in [1.29, 1.82) is 0 Å². The van der Waals surface area contributed by atoms with Crippen LogP contribution in [0.1, 0.15) is 83.0 Å². The Morgan fingerprint density at radius 2 is 1.86 bits per heavy atom. The maximum Gasteiger partial charge on any atom is 0.269 e. The van der Waals surface area contributed by atoms with Crippen LogP contribution in [0.3, 0.4) is 0 Å². The molecule has 0 radical (unpaired) electrons. The van der Waals surface area contributed by atoms with Crippen LogP contribution in [0.2, 0.25) is 0 Å². The van der Waals surface area contributed by atoms with Crippen molar-refractivity contribution in [2.24, 2.45) is 0 Å². The van der Waals surface area contributed by atoms with Crippen molar-refractivity contribution in [3.63, 3.8) is 0 Å². The van der Waals surface area contributed by atoms with E-state index in [1.54, 1.807) is 31.3 Å². The van der Waals surface area contributed by atoms with Crippen molar-refractivity contribution in [2.75, 3.05) is 13.1 Å². The Bertz CT molecular complexity index is 2500. The van der Waals surface area contributed by atoms with Crippen molar-refractivity contribution < 1.29 is 24.0 Å². The third-order valence-corrected chi connectivity index (χ3v) is 10.7.